The van der Waals surface area contributed by atoms with Crippen molar-refractivity contribution in [1.29, 1.82) is 0 Å². The Hall–Kier alpha value is -1.99. The van der Waals surface area contributed by atoms with Gasteiger partial charge < -0.3 is 19.7 Å². The Kier molecular flexibility index (Phi) is 5.03. The molecule has 0 aliphatic carbocycles. The normalized spacial score (nSPS) is 12.3. The maximum absolute atomic E-state index is 12.7. The van der Waals surface area contributed by atoms with Crippen LogP contribution >= 0.6 is 0 Å². The summed E-state index contributed by atoms with van der Waals surface area (Å²) in [6.45, 7) is 2.56. The Balaban J connectivity index is 1.65. The second kappa shape index (κ2) is 6.97. The molecule has 1 atom stereocenters. The zero-order chi connectivity index (χ0) is 14.4. The number of halogens is 1. The maximum Gasteiger partial charge on any atom is 0.223 e. The Bertz CT molecular complexity index is 530. The van der Waals surface area contributed by atoms with E-state index in [0.717, 1.165) is 0 Å². The van der Waals surface area contributed by atoms with Gasteiger partial charge >= 0.3 is 0 Å². The van der Waals surface area contributed by atoms with Crippen LogP contribution in [0.15, 0.2) is 28.8 Å². The first kappa shape index (κ1) is 14.4. The van der Waals surface area contributed by atoms with Crippen LogP contribution in [0.3, 0.4) is 0 Å². The molecule has 0 saturated carbocycles. The molecule has 0 fully saturated rings. The molecule has 7 heteroatoms. The molecule has 0 radical (unpaired) electrons. The summed E-state index contributed by atoms with van der Waals surface area (Å²) in [7, 11) is 0. The lowest BCUT2D eigenvalue weighted by molar-refractivity contribution is 0.106. The molecule has 2 N–H and O–H groups in total. The summed E-state index contributed by atoms with van der Waals surface area (Å²) in [5.74, 6) is 1.23. The highest BCUT2D eigenvalue weighted by atomic mass is 19.1. The second-order valence-electron chi connectivity index (χ2n) is 4.28. The van der Waals surface area contributed by atoms with Gasteiger partial charge in [-0.1, -0.05) is 5.16 Å². The number of benzene rings is 1. The van der Waals surface area contributed by atoms with Gasteiger partial charge in [-0.05, 0) is 24.3 Å². The van der Waals surface area contributed by atoms with Crippen LogP contribution in [-0.2, 0) is 6.54 Å². The molecule has 1 unspecified atom stereocenters. The van der Waals surface area contributed by atoms with Crippen molar-refractivity contribution in [2.24, 2.45) is 0 Å². The second-order valence-corrected chi connectivity index (χ2v) is 4.28. The van der Waals surface area contributed by atoms with Crippen LogP contribution in [-0.4, -0.2) is 34.5 Å². The van der Waals surface area contributed by atoms with Gasteiger partial charge in [0.25, 0.3) is 0 Å². The van der Waals surface area contributed by atoms with E-state index < -0.39 is 6.10 Å². The Morgan fingerprint density at radius 3 is 2.80 bits per heavy atom. The predicted octanol–water partition coefficient (Wildman–Crippen LogP) is 1.05. The Labute approximate surface area is 115 Å². The van der Waals surface area contributed by atoms with Crippen molar-refractivity contribution in [3.05, 3.63) is 41.8 Å². The smallest absolute Gasteiger partial charge is 0.223 e. The van der Waals surface area contributed by atoms with Crippen molar-refractivity contribution in [1.82, 2.24) is 15.5 Å². The number of hydrogen-bond acceptors (Lipinski definition) is 6. The van der Waals surface area contributed by atoms with Gasteiger partial charge in [0.05, 0.1) is 6.54 Å². The van der Waals surface area contributed by atoms with Gasteiger partial charge in [0.1, 0.15) is 24.3 Å². The molecule has 1 aromatic heterocycles. The number of rotatable bonds is 7. The van der Waals surface area contributed by atoms with Crippen LogP contribution in [0.25, 0.3) is 0 Å². The minimum Gasteiger partial charge on any atom is -0.491 e. The van der Waals surface area contributed by atoms with E-state index in [4.69, 9.17) is 9.26 Å². The monoisotopic (exact) mass is 281 g/mol. The summed E-state index contributed by atoms with van der Waals surface area (Å²) < 4.78 is 22.8. The van der Waals surface area contributed by atoms with Gasteiger partial charge in [0.2, 0.25) is 5.89 Å². The predicted molar refractivity (Wildman–Crippen MR) is 68.6 cm³/mol. The summed E-state index contributed by atoms with van der Waals surface area (Å²) in [4.78, 5) is 4.02. The molecule has 20 heavy (non-hydrogen) atoms. The minimum atomic E-state index is -0.687. The number of aryl methyl sites for hydroxylation is 1. The van der Waals surface area contributed by atoms with Crippen LogP contribution < -0.4 is 10.1 Å². The first-order valence-corrected chi connectivity index (χ1v) is 6.20. The lowest BCUT2D eigenvalue weighted by atomic mass is 10.3. The molecule has 0 aliphatic rings. The molecule has 2 rings (SSSR count). The van der Waals surface area contributed by atoms with E-state index in [1.54, 1.807) is 6.92 Å². The highest BCUT2D eigenvalue weighted by Gasteiger charge is 2.07. The number of aliphatic hydroxyl groups excluding tert-OH is 1. The van der Waals surface area contributed by atoms with Gasteiger partial charge in [0.15, 0.2) is 5.82 Å². The number of aromatic nitrogens is 2. The quantitative estimate of drug-likeness (QED) is 0.789. The highest BCUT2D eigenvalue weighted by molar-refractivity contribution is 5.22. The number of nitrogens with zero attached hydrogens (tertiary/aromatic N) is 2. The third kappa shape index (κ3) is 4.60. The van der Waals surface area contributed by atoms with Crippen molar-refractivity contribution < 1.29 is 18.8 Å². The Morgan fingerprint density at radius 2 is 2.15 bits per heavy atom. The molecular weight excluding hydrogens is 265 g/mol. The zero-order valence-electron chi connectivity index (χ0n) is 11.0. The van der Waals surface area contributed by atoms with E-state index in [0.29, 0.717) is 30.6 Å². The molecule has 0 saturated heterocycles. The van der Waals surface area contributed by atoms with Gasteiger partial charge in [-0.2, -0.15) is 4.98 Å². The van der Waals surface area contributed by atoms with Crippen molar-refractivity contribution in [2.75, 3.05) is 13.2 Å². The van der Waals surface area contributed by atoms with Gasteiger partial charge in [-0.15, -0.1) is 0 Å². The van der Waals surface area contributed by atoms with Crippen LogP contribution in [0, 0.1) is 12.7 Å². The van der Waals surface area contributed by atoms with Crippen LogP contribution in [0.1, 0.15) is 11.7 Å². The average Bonchev–Trinajstić information content (AvgIpc) is 2.84. The molecule has 2 aromatic rings. The highest BCUT2D eigenvalue weighted by Crippen LogP contribution is 2.11. The van der Waals surface area contributed by atoms with Crippen LogP contribution in [0.2, 0.25) is 0 Å². The van der Waals surface area contributed by atoms with E-state index in [1.165, 1.54) is 24.3 Å². The fraction of sp³-hybridized carbons (Fsp3) is 0.385. The average molecular weight is 281 g/mol. The number of hydrogen-bond donors (Lipinski definition) is 2. The fourth-order valence-corrected chi connectivity index (χ4v) is 1.55. The van der Waals surface area contributed by atoms with Crippen LogP contribution in [0.5, 0.6) is 5.75 Å². The van der Waals surface area contributed by atoms with Crippen molar-refractivity contribution >= 4 is 0 Å². The van der Waals surface area contributed by atoms with E-state index >= 15 is 0 Å². The largest absolute Gasteiger partial charge is 0.491 e. The van der Waals surface area contributed by atoms with Crippen molar-refractivity contribution in [3.8, 4) is 5.75 Å². The minimum absolute atomic E-state index is 0.115. The molecule has 0 aliphatic heterocycles. The first-order valence-electron chi connectivity index (χ1n) is 6.20. The third-order valence-electron chi connectivity index (χ3n) is 2.49. The summed E-state index contributed by atoms with van der Waals surface area (Å²) in [6.07, 6.45) is -0.687. The molecule has 1 heterocycles. The van der Waals surface area contributed by atoms with Gasteiger partial charge in [-0.25, -0.2) is 4.39 Å². The first-order chi connectivity index (χ1) is 9.63. The van der Waals surface area contributed by atoms with Crippen molar-refractivity contribution in [3.63, 3.8) is 0 Å². The number of nitrogens with one attached hydrogen (secondary N) is 1. The maximum atomic E-state index is 12.7. The van der Waals surface area contributed by atoms with E-state index in [-0.39, 0.29) is 12.4 Å². The summed E-state index contributed by atoms with van der Waals surface area (Å²) in [6, 6.07) is 5.63. The van der Waals surface area contributed by atoms with Crippen LogP contribution in [0.4, 0.5) is 4.39 Å². The fourth-order valence-electron chi connectivity index (χ4n) is 1.55. The lowest BCUT2D eigenvalue weighted by Crippen LogP contribution is -2.31. The number of aliphatic hydroxyl groups is 1. The SMILES string of the molecule is Cc1nc(CNCC(O)COc2ccc(F)cc2)no1. The third-order valence-corrected chi connectivity index (χ3v) is 2.49. The van der Waals surface area contributed by atoms with E-state index in [1.807, 2.05) is 0 Å². The summed E-state index contributed by atoms with van der Waals surface area (Å²) >= 11 is 0. The standard InChI is InChI=1S/C13H16FN3O3/c1-9-16-13(17-20-9)7-15-6-11(18)8-19-12-4-2-10(14)3-5-12/h2-5,11,15,18H,6-8H2,1H3. The van der Waals surface area contributed by atoms with E-state index in [9.17, 15) is 9.50 Å². The summed E-state index contributed by atoms with van der Waals surface area (Å²) in [5.41, 5.74) is 0. The zero-order valence-corrected chi connectivity index (χ0v) is 11.0. The summed E-state index contributed by atoms with van der Waals surface area (Å²) in [5, 5.41) is 16.4. The Morgan fingerprint density at radius 1 is 1.40 bits per heavy atom. The topological polar surface area (TPSA) is 80.4 Å². The molecule has 0 bridgehead atoms. The molecule has 1 aromatic carbocycles. The molecule has 0 amide bonds. The van der Waals surface area contributed by atoms with Gasteiger partial charge in [0, 0.05) is 13.5 Å². The molecule has 0 spiro atoms. The molecule has 6 nitrogen and oxygen atoms in total. The molecular formula is C13H16FN3O3. The lowest BCUT2D eigenvalue weighted by Gasteiger charge is -2.12. The van der Waals surface area contributed by atoms with Crippen molar-refractivity contribution in [2.45, 2.75) is 19.6 Å². The molecule has 108 valence electrons. The van der Waals surface area contributed by atoms with Gasteiger partial charge in [-0.3, -0.25) is 0 Å². The number of ether oxygens (including phenoxy) is 1. The van der Waals surface area contributed by atoms with E-state index in [2.05, 4.69) is 15.5 Å².